The molecule has 0 fully saturated rings. The fourth-order valence-electron chi connectivity index (χ4n) is 3.92. The summed E-state index contributed by atoms with van der Waals surface area (Å²) in [7, 11) is 0. The largest absolute Gasteiger partial charge is 0.507 e. The summed E-state index contributed by atoms with van der Waals surface area (Å²) in [6.07, 6.45) is 5.21. The van der Waals surface area contributed by atoms with Gasteiger partial charge < -0.3 is 5.11 Å². The van der Waals surface area contributed by atoms with Gasteiger partial charge in [-0.15, -0.1) is 0 Å². The van der Waals surface area contributed by atoms with Crippen molar-refractivity contribution in [1.29, 1.82) is 0 Å². The van der Waals surface area contributed by atoms with E-state index in [0.717, 1.165) is 46.0 Å². The van der Waals surface area contributed by atoms with Crippen LogP contribution < -0.4 is 0 Å². The van der Waals surface area contributed by atoms with Gasteiger partial charge in [-0.25, -0.2) is 0 Å². The van der Waals surface area contributed by atoms with Crippen LogP contribution in [0.4, 0.5) is 0 Å². The molecule has 1 N–H and O–H groups in total. The molecule has 2 nitrogen and oxygen atoms in total. The number of hydrogen-bond acceptors (Lipinski definition) is 2. The Morgan fingerprint density at radius 3 is 2.38 bits per heavy atom. The van der Waals surface area contributed by atoms with Gasteiger partial charge in [0, 0.05) is 33.8 Å². The Bertz CT molecular complexity index is 1150. The highest BCUT2D eigenvalue weighted by atomic mass is 35.5. The van der Waals surface area contributed by atoms with Crippen LogP contribution in [0.5, 0.6) is 5.75 Å². The minimum atomic E-state index is -0.0611. The Hall–Kier alpha value is -3.10. The lowest BCUT2D eigenvalue weighted by Gasteiger charge is -2.22. The van der Waals surface area contributed by atoms with Gasteiger partial charge in [0.2, 0.25) is 0 Å². The monoisotopic (exact) mass is 399 g/mol. The summed E-state index contributed by atoms with van der Waals surface area (Å²) in [5.41, 5.74) is 3.89. The molecule has 4 rings (SSSR count). The van der Waals surface area contributed by atoms with Crippen molar-refractivity contribution in [3.8, 4) is 5.75 Å². The SMILES string of the molecule is C=Cc1cc(C(CCc2ccccn2)c2ccccc2Cl)c(O)c2ccccc12. The number of pyridine rings is 1. The predicted molar refractivity (Wildman–Crippen MR) is 122 cm³/mol. The van der Waals surface area contributed by atoms with Crippen LogP contribution in [0.3, 0.4) is 0 Å². The first kappa shape index (κ1) is 19.2. The third kappa shape index (κ3) is 3.90. The van der Waals surface area contributed by atoms with Crippen LogP contribution in [-0.2, 0) is 6.42 Å². The molecule has 0 aliphatic heterocycles. The van der Waals surface area contributed by atoms with Crippen LogP contribution >= 0.6 is 11.6 Å². The molecule has 1 unspecified atom stereocenters. The van der Waals surface area contributed by atoms with E-state index >= 15 is 0 Å². The summed E-state index contributed by atoms with van der Waals surface area (Å²) >= 11 is 6.58. The number of phenolic OH excluding ortho intramolecular Hbond substituents is 1. The van der Waals surface area contributed by atoms with E-state index in [0.29, 0.717) is 10.8 Å². The van der Waals surface area contributed by atoms with Gasteiger partial charge in [-0.1, -0.05) is 72.8 Å². The van der Waals surface area contributed by atoms with Gasteiger partial charge in [0.05, 0.1) is 0 Å². The highest BCUT2D eigenvalue weighted by Gasteiger charge is 2.22. The van der Waals surface area contributed by atoms with Gasteiger partial charge in [-0.3, -0.25) is 4.98 Å². The smallest absolute Gasteiger partial charge is 0.127 e. The summed E-state index contributed by atoms with van der Waals surface area (Å²) in [4.78, 5) is 4.45. The molecule has 3 aromatic carbocycles. The van der Waals surface area contributed by atoms with Crippen molar-refractivity contribution in [2.24, 2.45) is 0 Å². The van der Waals surface area contributed by atoms with Crippen LogP contribution in [0.2, 0.25) is 5.02 Å². The van der Waals surface area contributed by atoms with Crippen molar-refractivity contribution >= 4 is 28.4 Å². The highest BCUT2D eigenvalue weighted by Crippen LogP contribution is 2.42. The van der Waals surface area contributed by atoms with Crippen LogP contribution in [0.1, 0.15) is 34.7 Å². The van der Waals surface area contributed by atoms with Crippen molar-refractivity contribution in [2.45, 2.75) is 18.8 Å². The second-order valence-corrected chi connectivity index (χ2v) is 7.49. The van der Waals surface area contributed by atoms with E-state index in [1.807, 2.05) is 85.1 Å². The number of hydrogen-bond donors (Lipinski definition) is 1. The Kier molecular flexibility index (Phi) is 5.64. The molecule has 0 bridgehead atoms. The third-order valence-corrected chi connectivity index (χ3v) is 5.71. The third-order valence-electron chi connectivity index (χ3n) is 5.37. The lowest BCUT2D eigenvalue weighted by molar-refractivity contribution is 0.469. The van der Waals surface area contributed by atoms with Crippen molar-refractivity contribution in [2.75, 3.05) is 0 Å². The summed E-state index contributed by atoms with van der Waals surface area (Å²) < 4.78 is 0. The van der Waals surface area contributed by atoms with E-state index in [-0.39, 0.29) is 5.92 Å². The van der Waals surface area contributed by atoms with Gasteiger partial charge in [-0.05, 0) is 53.6 Å². The van der Waals surface area contributed by atoms with Gasteiger partial charge in [0.25, 0.3) is 0 Å². The first-order valence-electron chi connectivity index (χ1n) is 9.70. The molecule has 0 radical (unpaired) electrons. The molecule has 1 aromatic heterocycles. The van der Waals surface area contributed by atoms with Crippen LogP contribution in [0.25, 0.3) is 16.8 Å². The van der Waals surface area contributed by atoms with Crippen molar-refractivity contribution in [1.82, 2.24) is 4.98 Å². The van der Waals surface area contributed by atoms with Gasteiger partial charge in [0.15, 0.2) is 0 Å². The molecule has 0 aliphatic carbocycles. The molecule has 0 aliphatic rings. The lowest BCUT2D eigenvalue weighted by atomic mass is 9.84. The number of phenols is 1. The van der Waals surface area contributed by atoms with Gasteiger partial charge in [-0.2, -0.15) is 0 Å². The van der Waals surface area contributed by atoms with Crippen LogP contribution in [0.15, 0.2) is 85.6 Å². The normalized spacial score (nSPS) is 12.0. The van der Waals surface area contributed by atoms with Crippen molar-refractivity contribution in [3.63, 3.8) is 0 Å². The number of nitrogens with zero attached hydrogens (tertiary/aromatic N) is 1. The zero-order chi connectivity index (χ0) is 20.2. The maximum atomic E-state index is 11.2. The number of fused-ring (bicyclic) bond motifs is 1. The number of aryl methyl sites for hydroxylation is 1. The maximum absolute atomic E-state index is 11.2. The summed E-state index contributed by atoms with van der Waals surface area (Å²) in [6.45, 7) is 3.98. The molecular weight excluding hydrogens is 378 g/mol. The van der Waals surface area contributed by atoms with Crippen LogP contribution in [0, 0.1) is 0 Å². The van der Waals surface area contributed by atoms with E-state index in [1.54, 1.807) is 0 Å². The molecule has 0 saturated carbocycles. The van der Waals surface area contributed by atoms with E-state index < -0.39 is 0 Å². The quantitative estimate of drug-likeness (QED) is 0.378. The maximum Gasteiger partial charge on any atom is 0.127 e. The Balaban J connectivity index is 1.86. The fourth-order valence-corrected chi connectivity index (χ4v) is 4.19. The molecule has 1 atom stereocenters. The van der Waals surface area contributed by atoms with Crippen LogP contribution in [-0.4, -0.2) is 10.1 Å². The molecule has 144 valence electrons. The average Bonchev–Trinajstić information content (AvgIpc) is 2.77. The van der Waals surface area contributed by atoms with E-state index in [9.17, 15) is 5.11 Å². The molecule has 0 saturated heterocycles. The number of aromatic hydroxyl groups is 1. The standard InChI is InChI=1S/C26H22ClNO/c1-2-18-17-24(26(29)23-12-4-3-10-20(18)23)21(22-11-5-6-13-25(22)27)15-14-19-9-7-8-16-28-19/h2-13,16-17,21,29H,1,14-15H2. The number of aromatic nitrogens is 1. The van der Waals surface area contributed by atoms with E-state index in [2.05, 4.69) is 11.6 Å². The van der Waals surface area contributed by atoms with Gasteiger partial charge >= 0.3 is 0 Å². The Morgan fingerprint density at radius 2 is 1.66 bits per heavy atom. The summed E-state index contributed by atoms with van der Waals surface area (Å²) in [6, 6.07) is 23.7. The van der Waals surface area contributed by atoms with Crippen molar-refractivity contribution in [3.05, 3.63) is 113 Å². The molecule has 0 amide bonds. The number of benzene rings is 3. The fraction of sp³-hybridized carbons (Fsp3) is 0.115. The molecule has 1 heterocycles. The summed E-state index contributed by atoms with van der Waals surface area (Å²) in [5, 5.41) is 13.7. The molecule has 3 heteroatoms. The van der Waals surface area contributed by atoms with E-state index in [1.165, 1.54) is 0 Å². The zero-order valence-corrected chi connectivity index (χ0v) is 16.8. The number of halogens is 1. The number of rotatable bonds is 6. The van der Waals surface area contributed by atoms with Crippen molar-refractivity contribution < 1.29 is 5.11 Å². The van der Waals surface area contributed by atoms with E-state index in [4.69, 9.17) is 11.6 Å². The highest BCUT2D eigenvalue weighted by molar-refractivity contribution is 6.31. The minimum Gasteiger partial charge on any atom is -0.507 e. The predicted octanol–water partition coefficient (Wildman–Crippen LogP) is 7.00. The molecule has 0 spiro atoms. The van der Waals surface area contributed by atoms with Gasteiger partial charge in [0.1, 0.15) is 5.75 Å². The first-order valence-corrected chi connectivity index (χ1v) is 10.1. The Labute approximate surface area is 176 Å². The molecular formula is C26H22ClNO. The topological polar surface area (TPSA) is 33.1 Å². The molecule has 29 heavy (non-hydrogen) atoms. The zero-order valence-electron chi connectivity index (χ0n) is 16.1. The molecule has 4 aromatic rings. The first-order chi connectivity index (χ1) is 14.2. The second kappa shape index (κ2) is 8.50. The average molecular weight is 400 g/mol. The Morgan fingerprint density at radius 1 is 0.931 bits per heavy atom. The summed E-state index contributed by atoms with van der Waals surface area (Å²) in [5.74, 6) is 0.242. The second-order valence-electron chi connectivity index (χ2n) is 7.09. The minimum absolute atomic E-state index is 0.0611. The lowest BCUT2D eigenvalue weighted by Crippen LogP contribution is -2.06.